The van der Waals surface area contributed by atoms with Crippen LogP contribution >= 0.6 is 0 Å². The van der Waals surface area contributed by atoms with E-state index in [0.29, 0.717) is 29.9 Å². The van der Waals surface area contributed by atoms with Crippen molar-refractivity contribution in [1.29, 1.82) is 0 Å². The van der Waals surface area contributed by atoms with E-state index in [-0.39, 0.29) is 0 Å². The van der Waals surface area contributed by atoms with Crippen LogP contribution in [0.1, 0.15) is 39.5 Å². The number of fused-ring (bicyclic) bond motifs is 1. The number of rotatable bonds is 8. The van der Waals surface area contributed by atoms with Crippen LogP contribution in [0.25, 0.3) is 5.65 Å². The van der Waals surface area contributed by atoms with Crippen molar-refractivity contribution in [2.45, 2.75) is 39.5 Å². The molecule has 2 aromatic heterocycles. The van der Waals surface area contributed by atoms with Crippen molar-refractivity contribution in [2.24, 2.45) is 11.8 Å². The number of hydrogen-bond donors (Lipinski definition) is 2. The second kappa shape index (κ2) is 7.09. The van der Waals surface area contributed by atoms with Crippen LogP contribution in [-0.4, -0.2) is 21.0 Å². The number of hydrazine groups is 1. The lowest BCUT2D eigenvalue weighted by molar-refractivity contribution is 0.227. The van der Waals surface area contributed by atoms with Gasteiger partial charge in [-0.1, -0.05) is 33.1 Å². The number of anilines is 1. The molecule has 1 unspecified atom stereocenters. The fraction of sp³-hybridized carbons (Fsp3) is 0.571. The molecule has 0 saturated heterocycles. The largest absolute Gasteiger partial charge is 0.475 e. The Morgan fingerprint density at radius 1 is 1.45 bits per heavy atom. The summed E-state index contributed by atoms with van der Waals surface area (Å²) in [6.45, 7) is 5.07. The van der Waals surface area contributed by atoms with Crippen molar-refractivity contribution in [3.05, 3.63) is 18.6 Å². The van der Waals surface area contributed by atoms with E-state index in [4.69, 9.17) is 10.6 Å². The SMILES string of the molecule is CCCCC(CC)COc1nc(NN)cn2ccnc12. The highest BCUT2D eigenvalue weighted by atomic mass is 16.5. The average molecular weight is 277 g/mol. The first-order valence-corrected chi connectivity index (χ1v) is 7.21. The van der Waals surface area contributed by atoms with Gasteiger partial charge in [0.25, 0.3) is 5.88 Å². The van der Waals surface area contributed by atoms with E-state index >= 15 is 0 Å². The summed E-state index contributed by atoms with van der Waals surface area (Å²) in [6, 6.07) is 0. The minimum absolute atomic E-state index is 0.528. The zero-order valence-corrected chi connectivity index (χ0v) is 12.2. The number of unbranched alkanes of at least 4 members (excludes halogenated alkanes) is 1. The van der Waals surface area contributed by atoms with Crippen LogP contribution in [0.5, 0.6) is 5.88 Å². The Labute approximate surface area is 119 Å². The first-order chi connectivity index (χ1) is 9.78. The van der Waals surface area contributed by atoms with Gasteiger partial charge in [-0.25, -0.2) is 10.8 Å². The Balaban J connectivity index is 2.09. The van der Waals surface area contributed by atoms with Gasteiger partial charge in [-0.05, 0) is 12.3 Å². The molecule has 6 heteroatoms. The Kier molecular flexibility index (Phi) is 5.17. The summed E-state index contributed by atoms with van der Waals surface area (Å²) in [5, 5.41) is 0. The molecule has 110 valence electrons. The van der Waals surface area contributed by atoms with Crippen LogP contribution in [0.2, 0.25) is 0 Å². The van der Waals surface area contributed by atoms with Gasteiger partial charge in [-0.3, -0.25) is 4.40 Å². The van der Waals surface area contributed by atoms with Gasteiger partial charge in [0.15, 0.2) is 5.82 Å². The summed E-state index contributed by atoms with van der Waals surface area (Å²) in [4.78, 5) is 8.60. The fourth-order valence-electron chi connectivity index (χ4n) is 2.16. The number of ether oxygens (including phenoxy) is 1. The van der Waals surface area contributed by atoms with Gasteiger partial charge < -0.3 is 10.2 Å². The minimum Gasteiger partial charge on any atom is -0.475 e. The topological polar surface area (TPSA) is 77.5 Å². The number of nitrogens with two attached hydrogens (primary N) is 1. The Morgan fingerprint density at radius 2 is 2.30 bits per heavy atom. The lowest BCUT2D eigenvalue weighted by Crippen LogP contribution is -2.14. The van der Waals surface area contributed by atoms with Crippen LogP contribution in [0.3, 0.4) is 0 Å². The molecule has 0 saturated carbocycles. The van der Waals surface area contributed by atoms with Crippen LogP contribution in [0.4, 0.5) is 5.82 Å². The standard InChI is InChI=1S/C14H23N5O/c1-3-5-6-11(4-2)10-20-14-13-16-7-8-19(13)9-12(17-14)18-15/h7-9,11,18H,3-6,10,15H2,1-2H3. The zero-order valence-electron chi connectivity index (χ0n) is 12.2. The first-order valence-electron chi connectivity index (χ1n) is 7.21. The molecule has 1 atom stereocenters. The second-order valence-corrected chi connectivity index (χ2v) is 4.96. The predicted octanol–water partition coefficient (Wildman–Crippen LogP) is 2.61. The third-order valence-corrected chi connectivity index (χ3v) is 3.49. The maximum Gasteiger partial charge on any atom is 0.260 e. The molecule has 0 amide bonds. The van der Waals surface area contributed by atoms with E-state index in [2.05, 4.69) is 29.2 Å². The van der Waals surface area contributed by atoms with E-state index in [1.165, 1.54) is 19.3 Å². The molecule has 6 nitrogen and oxygen atoms in total. The quantitative estimate of drug-likeness (QED) is 0.573. The molecule has 3 N–H and O–H groups in total. The van der Waals surface area contributed by atoms with Gasteiger partial charge >= 0.3 is 0 Å². The molecule has 2 aromatic rings. The van der Waals surface area contributed by atoms with Crippen LogP contribution in [0, 0.1) is 5.92 Å². The number of nitrogen functional groups attached to an aromatic ring is 1. The Bertz CT molecular complexity index is 539. The molecule has 0 bridgehead atoms. The monoisotopic (exact) mass is 277 g/mol. The summed E-state index contributed by atoms with van der Waals surface area (Å²) < 4.78 is 7.73. The summed E-state index contributed by atoms with van der Waals surface area (Å²) in [5.74, 6) is 7.07. The van der Waals surface area contributed by atoms with E-state index in [1.807, 2.05) is 10.6 Å². The molecule has 0 radical (unpaired) electrons. The third kappa shape index (κ3) is 3.39. The zero-order chi connectivity index (χ0) is 14.4. The van der Waals surface area contributed by atoms with Gasteiger partial charge in [-0.2, -0.15) is 4.98 Å². The molecule has 2 heterocycles. The predicted molar refractivity (Wildman–Crippen MR) is 79.6 cm³/mol. The van der Waals surface area contributed by atoms with Crippen molar-refractivity contribution in [2.75, 3.05) is 12.0 Å². The van der Waals surface area contributed by atoms with Gasteiger partial charge in [0.1, 0.15) is 0 Å². The van der Waals surface area contributed by atoms with E-state index in [0.717, 1.165) is 6.42 Å². The molecular formula is C14H23N5O. The van der Waals surface area contributed by atoms with E-state index in [9.17, 15) is 0 Å². The molecule has 0 aliphatic heterocycles. The van der Waals surface area contributed by atoms with Crippen LogP contribution < -0.4 is 16.0 Å². The van der Waals surface area contributed by atoms with Crippen LogP contribution in [0.15, 0.2) is 18.6 Å². The van der Waals surface area contributed by atoms with Gasteiger partial charge in [-0.15, -0.1) is 0 Å². The van der Waals surface area contributed by atoms with Crippen molar-refractivity contribution in [1.82, 2.24) is 14.4 Å². The molecule has 0 fully saturated rings. The molecule has 2 rings (SSSR count). The van der Waals surface area contributed by atoms with Crippen molar-refractivity contribution in [3.8, 4) is 5.88 Å². The van der Waals surface area contributed by atoms with Crippen molar-refractivity contribution < 1.29 is 4.74 Å². The molecule has 20 heavy (non-hydrogen) atoms. The van der Waals surface area contributed by atoms with Gasteiger partial charge in [0.05, 0.1) is 12.8 Å². The molecule has 0 aliphatic rings. The minimum atomic E-state index is 0.528. The summed E-state index contributed by atoms with van der Waals surface area (Å²) in [5.41, 5.74) is 3.26. The summed E-state index contributed by atoms with van der Waals surface area (Å²) in [6.07, 6.45) is 10.1. The maximum atomic E-state index is 5.88. The lowest BCUT2D eigenvalue weighted by Gasteiger charge is -2.15. The molecular weight excluding hydrogens is 254 g/mol. The summed E-state index contributed by atoms with van der Waals surface area (Å²) in [7, 11) is 0. The molecule has 0 spiro atoms. The Morgan fingerprint density at radius 3 is 3.00 bits per heavy atom. The smallest absolute Gasteiger partial charge is 0.260 e. The second-order valence-electron chi connectivity index (χ2n) is 4.96. The normalized spacial score (nSPS) is 12.6. The molecule has 0 aliphatic carbocycles. The van der Waals surface area contributed by atoms with Crippen molar-refractivity contribution >= 4 is 11.5 Å². The fourth-order valence-corrected chi connectivity index (χ4v) is 2.16. The highest BCUT2D eigenvalue weighted by Gasteiger charge is 2.12. The number of nitrogens with zero attached hydrogens (tertiary/aromatic N) is 3. The van der Waals surface area contributed by atoms with Gasteiger partial charge in [0, 0.05) is 12.4 Å². The number of hydrogen-bond acceptors (Lipinski definition) is 5. The lowest BCUT2D eigenvalue weighted by atomic mass is 10.0. The number of nitrogens with one attached hydrogen (secondary N) is 1. The Hall–Kier alpha value is -1.82. The van der Waals surface area contributed by atoms with E-state index in [1.54, 1.807) is 12.4 Å². The average Bonchev–Trinajstić information content (AvgIpc) is 2.95. The molecule has 0 aromatic carbocycles. The maximum absolute atomic E-state index is 5.88. The van der Waals surface area contributed by atoms with Crippen LogP contribution in [-0.2, 0) is 0 Å². The van der Waals surface area contributed by atoms with E-state index < -0.39 is 0 Å². The highest BCUT2D eigenvalue weighted by molar-refractivity contribution is 5.53. The number of imidazole rings is 1. The highest BCUT2D eigenvalue weighted by Crippen LogP contribution is 2.20. The summed E-state index contributed by atoms with van der Waals surface area (Å²) >= 11 is 0. The van der Waals surface area contributed by atoms with Crippen molar-refractivity contribution in [3.63, 3.8) is 0 Å². The third-order valence-electron chi connectivity index (χ3n) is 3.49. The first kappa shape index (κ1) is 14.6. The van der Waals surface area contributed by atoms with Gasteiger partial charge in [0.2, 0.25) is 5.65 Å². The number of aromatic nitrogens is 3.